The summed E-state index contributed by atoms with van der Waals surface area (Å²) in [6.45, 7) is 4.81. The lowest BCUT2D eigenvalue weighted by Crippen LogP contribution is -2.11. The van der Waals surface area contributed by atoms with Gasteiger partial charge >= 0.3 is 0 Å². The quantitative estimate of drug-likeness (QED) is 0.128. The van der Waals surface area contributed by atoms with Crippen LogP contribution in [0.4, 0.5) is 0 Å². The molecular formula is C43H40N4O4. The molecule has 0 radical (unpaired) electrons. The number of benzene rings is 4. The first-order valence-electron chi connectivity index (χ1n) is 17.6. The van der Waals surface area contributed by atoms with Gasteiger partial charge in [0.1, 0.15) is 40.3 Å². The second kappa shape index (κ2) is 13.0. The summed E-state index contributed by atoms with van der Waals surface area (Å²) in [5.41, 5.74) is 10.0. The SMILES string of the molecule is Cc1ccc(O)c(-c2nc(-c3cccc(CCCc4ccc5c(-c6ccccc6O)nc(-c6cc(C)ccc6O)n5c4)c3O)c3n2CCCC3)c1. The maximum atomic E-state index is 11.6. The van der Waals surface area contributed by atoms with E-state index in [1.165, 1.54) is 0 Å². The summed E-state index contributed by atoms with van der Waals surface area (Å²) in [6, 6.07) is 28.2. The van der Waals surface area contributed by atoms with Gasteiger partial charge in [0.25, 0.3) is 0 Å². The Labute approximate surface area is 296 Å². The van der Waals surface area contributed by atoms with Crippen molar-refractivity contribution < 1.29 is 20.4 Å². The van der Waals surface area contributed by atoms with Gasteiger partial charge in [-0.25, -0.2) is 9.97 Å². The zero-order chi connectivity index (χ0) is 35.2. The molecule has 7 aromatic rings. The van der Waals surface area contributed by atoms with E-state index in [1.54, 1.807) is 24.3 Å². The topological polar surface area (TPSA) is 116 Å². The first kappa shape index (κ1) is 32.2. The summed E-state index contributed by atoms with van der Waals surface area (Å²) in [6.07, 6.45) is 7.22. The summed E-state index contributed by atoms with van der Waals surface area (Å²) < 4.78 is 4.20. The molecule has 8 nitrogen and oxygen atoms in total. The number of aromatic hydroxyl groups is 4. The Kier molecular flexibility index (Phi) is 8.22. The fraction of sp³-hybridized carbons (Fsp3) is 0.209. The number of hydrogen-bond donors (Lipinski definition) is 4. The third-order valence-electron chi connectivity index (χ3n) is 10.0. The van der Waals surface area contributed by atoms with E-state index in [2.05, 4.69) is 16.8 Å². The minimum atomic E-state index is 0.138. The molecular weight excluding hydrogens is 636 g/mol. The average molecular weight is 677 g/mol. The van der Waals surface area contributed by atoms with Crippen LogP contribution >= 0.6 is 0 Å². The number of pyridine rings is 1. The molecule has 8 rings (SSSR count). The van der Waals surface area contributed by atoms with Gasteiger partial charge < -0.3 is 25.0 Å². The van der Waals surface area contributed by atoms with Gasteiger partial charge in [0, 0.05) is 29.6 Å². The molecule has 1 aliphatic rings. The largest absolute Gasteiger partial charge is 0.507 e. The number of para-hydroxylation sites is 2. The van der Waals surface area contributed by atoms with Crippen LogP contribution in [0.3, 0.4) is 0 Å². The van der Waals surface area contributed by atoms with Crippen LogP contribution in [0.25, 0.3) is 50.8 Å². The predicted molar refractivity (Wildman–Crippen MR) is 200 cm³/mol. The molecule has 8 heteroatoms. The Morgan fingerprint density at radius 3 is 2.08 bits per heavy atom. The lowest BCUT2D eigenvalue weighted by molar-refractivity contribution is 0.468. The zero-order valence-electron chi connectivity index (χ0n) is 28.8. The predicted octanol–water partition coefficient (Wildman–Crippen LogP) is 9.15. The molecule has 0 amide bonds. The highest BCUT2D eigenvalue weighted by Crippen LogP contribution is 2.41. The molecule has 4 N–H and O–H groups in total. The molecule has 4 aromatic carbocycles. The van der Waals surface area contributed by atoms with Crippen molar-refractivity contribution in [2.75, 3.05) is 0 Å². The van der Waals surface area contributed by atoms with Gasteiger partial charge in [-0.1, -0.05) is 53.6 Å². The van der Waals surface area contributed by atoms with E-state index in [0.717, 1.165) is 89.2 Å². The maximum absolute atomic E-state index is 11.6. The molecule has 1 aliphatic heterocycles. The van der Waals surface area contributed by atoms with E-state index in [9.17, 15) is 20.4 Å². The maximum Gasteiger partial charge on any atom is 0.149 e. The van der Waals surface area contributed by atoms with Crippen LogP contribution in [-0.4, -0.2) is 39.4 Å². The summed E-state index contributed by atoms with van der Waals surface area (Å²) in [7, 11) is 0. The number of fused-ring (bicyclic) bond motifs is 2. The number of aromatic nitrogens is 4. The lowest BCUT2D eigenvalue weighted by atomic mass is 9.98. The smallest absolute Gasteiger partial charge is 0.149 e. The third-order valence-corrected chi connectivity index (χ3v) is 10.0. The summed E-state index contributed by atoms with van der Waals surface area (Å²) in [5, 5.41) is 43.9. The van der Waals surface area contributed by atoms with Crippen LogP contribution in [0, 0.1) is 13.8 Å². The summed E-state index contributed by atoms with van der Waals surface area (Å²) in [4.78, 5) is 10.0. The van der Waals surface area contributed by atoms with Crippen molar-refractivity contribution in [1.29, 1.82) is 0 Å². The normalized spacial score (nSPS) is 12.7. The Morgan fingerprint density at radius 1 is 0.627 bits per heavy atom. The Morgan fingerprint density at radius 2 is 1.31 bits per heavy atom. The Balaban J connectivity index is 1.10. The van der Waals surface area contributed by atoms with Crippen LogP contribution in [0.1, 0.15) is 47.2 Å². The molecule has 0 saturated heterocycles. The average Bonchev–Trinajstić information content (AvgIpc) is 3.70. The highest BCUT2D eigenvalue weighted by molar-refractivity contribution is 5.85. The van der Waals surface area contributed by atoms with Gasteiger partial charge in [-0.2, -0.15) is 0 Å². The minimum absolute atomic E-state index is 0.138. The molecule has 0 unspecified atom stereocenters. The van der Waals surface area contributed by atoms with E-state index < -0.39 is 0 Å². The first-order chi connectivity index (χ1) is 24.8. The molecule has 0 fully saturated rings. The number of rotatable bonds is 8. The second-order valence-electron chi connectivity index (χ2n) is 13.6. The minimum Gasteiger partial charge on any atom is -0.507 e. The van der Waals surface area contributed by atoms with Crippen LogP contribution in [-0.2, 0) is 25.8 Å². The van der Waals surface area contributed by atoms with Crippen molar-refractivity contribution in [2.45, 2.75) is 58.9 Å². The number of nitrogens with zero attached hydrogens (tertiary/aromatic N) is 4. The van der Waals surface area contributed by atoms with Gasteiger partial charge in [0.2, 0.25) is 0 Å². The van der Waals surface area contributed by atoms with Crippen molar-refractivity contribution >= 4 is 5.52 Å². The molecule has 51 heavy (non-hydrogen) atoms. The van der Waals surface area contributed by atoms with Gasteiger partial charge in [-0.3, -0.25) is 4.40 Å². The van der Waals surface area contributed by atoms with Crippen LogP contribution in [0.5, 0.6) is 23.0 Å². The highest BCUT2D eigenvalue weighted by Gasteiger charge is 2.26. The van der Waals surface area contributed by atoms with Crippen molar-refractivity contribution in [3.8, 4) is 68.3 Å². The van der Waals surface area contributed by atoms with Crippen molar-refractivity contribution in [3.05, 3.63) is 125 Å². The van der Waals surface area contributed by atoms with E-state index in [4.69, 9.17) is 9.97 Å². The molecule has 0 spiro atoms. The van der Waals surface area contributed by atoms with E-state index >= 15 is 0 Å². The highest BCUT2D eigenvalue weighted by atomic mass is 16.3. The summed E-state index contributed by atoms with van der Waals surface area (Å²) in [5.74, 6) is 2.07. The Hall–Kier alpha value is -6.02. The molecule has 0 saturated carbocycles. The molecule has 4 heterocycles. The second-order valence-corrected chi connectivity index (χ2v) is 13.6. The van der Waals surface area contributed by atoms with Crippen LogP contribution in [0.15, 0.2) is 97.2 Å². The van der Waals surface area contributed by atoms with Gasteiger partial charge in [-0.15, -0.1) is 0 Å². The number of imidazole rings is 2. The first-order valence-corrected chi connectivity index (χ1v) is 17.6. The van der Waals surface area contributed by atoms with E-state index in [0.29, 0.717) is 34.6 Å². The molecule has 0 bridgehead atoms. The number of hydrogen-bond acceptors (Lipinski definition) is 6. The number of phenols is 4. The zero-order valence-corrected chi connectivity index (χ0v) is 28.8. The van der Waals surface area contributed by atoms with Crippen molar-refractivity contribution in [1.82, 2.24) is 18.9 Å². The van der Waals surface area contributed by atoms with Gasteiger partial charge in [0.15, 0.2) is 0 Å². The van der Waals surface area contributed by atoms with E-state index in [1.807, 2.05) is 78.9 Å². The van der Waals surface area contributed by atoms with Gasteiger partial charge in [0.05, 0.1) is 22.3 Å². The van der Waals surface area contributed by atoms with Crippen molar-refractivity contribution in [2.24, 2.45) is 0 Å². The van der Waals surface area contributed by atoms with Crippen LogP contribution in [0.2, 0.25) is 0 Å². The molecule has 3 aromatic heterocycles. The summed E-state index contributed by atoms with van der Waals surface area (Å²) >= 11 is 0. The monoisotopic (exact) mass is 676 g/mol. The Bertz CT molecular complexity index is 2440. The molecule has 0 aliphatic carbocycles. The number of aryl methyl sites for hydroxylation is 4. The van der Waals surface area contributed by atoms with E-state index in [-0.39, 0.29) is 23.0 Å². The third kappa shape index (κ3) is 5.86. The van der Waals surface area contributed by atoms with Crippen LogP contribution < -0.4 is 0 Å². The fourth-order valence-corrected chi connectivity index (χ4v) is 7.43. The lowest BCUT2D eigenvalue weighted by Gasteiger charge is -2.18. The van der Waals surface area contributed by atoms with Gasteiger partial charge in [-0.05, 0) is 112 Å². The van der Waals surface area contributed by atoms with Crippen molar-refractivity contribution in [3.63, 3.8) is 0 Å². The molecule has 256 valence electrons. The fourth-order valence-electron chi connectivity index (χ4n) is 7.43. The molecule has 0 atom stereocenters. The standard InChI is InChI=1S/C43H40N4O4/c1-26-16-20-37(49)32(23-26)42-45-40(34-14-5-6-22-46(34)42)31-13-8-11-29(41(31)51)10-7-9-28-18-19-35-39(30-12-3-4-15-36(30)48)44-43(47(35)25-28)33-24-27(2)17-21-38(33)50/h3-4,8,11-13,15-21,23-25,48-51H,5-7,9-10,14,22H2,1-2H3. The number of phenolic OH excluding ortho intramolecular Hbond substituents is 4.